The fourth-order valence-electron chi connectivity index (χ4n) is 5.41. The molecule has 0 bridgehead atoms. The van der Waals surface area contributed by atoms with Crippen LogP contribution in [0.1, 0.15) is 76.7 Å². The number of hydrogen-bond acceptors (Lipinski definition) is 5. The van der Waals surface area contributed by atoms with Gasteiger partial charge >= 0.3 is 5.97 Å². The van der Waals surface area contributed by atoms with Crippen LogP contribution in [0.4, 0.5) is 0 Å². The average Bonchev–Trinajstić information content (AvgIpc) is 3.37. The van der Waals surface area contributed by atoms with Gasteiger partial charge in [0.1, 0.15) is 0 Å². The van der Waals surface area contributed by atoms with Gasteiger partial charge in [0.15, 0.2) is 35.7 Å². The summed E-state index contributed by atoms with van der Waals surface area (Å²) in [4.78, 5) is 12.8. The molecule has 37 heavy (non-hydrogen) atoms. The lowest BCUT2D eigenvalue weighted by Gasteiger charge is -2.17. The summed E-state index contributed by atoms with van der Waals surface area (Å²) in [5, 5.41) is 1.89. The first-order chi connectivity index (χ1) is 18.2. The minimum absolute atomic E-state index is 0.200. The van der Waals surface area contributed by atoms with Crippen LogP contribution in [-0.2, 0) is 17.8 Å². The number of aromatic nitrogens is 1. The number of pyridine rings is 1. The van der Waals surface area contributed by atoms with Gasteiger partial charge < -0.3 is 18.9 Å². The molecule has 0 spiro atoms. The van der Waals surface area contributed by atoms with Crippen molar-refractivity contribution in [2.24, 2.45) is 0 Å². The molecule has 0 unspecified atom stereocenters. The molecular formula is C31H38NO5+. The molecule has 0 saturated carbocycles. The summed E-state index contributed by atoms with van der Waals surface area (Å²) in [6.45, 7) is 3.35. The summed E-state index contributed by atoms with van der Waals surface area (Å²) in [6.07, 6.45) is 14.4. The van der Waals surface area contributed by atoms with E-state index in [1.165, 1.54) is 50.5 Å². The number of rotatable bonds is 12. The van der Waals surface area contributed by atoms with Crippen molar-refractivity contribution in [1.82, 2.24) is 0 Å². The molecule has 3 aromatic rings. The van der Waals surface area contributed by atoms with E-state index in [0.717, 1.165) is 59.3 Å². The number of esters is 1. The molecule has 0 fully saturated rings. The summed E-state index contributed by atoms with van der Waals surface area (Å²) >= 11 is 0. The number of hydrogen-bond donors (Lipinski definition) is 0. The Bertz CT molecular complexity index is 1270. The highest BCUT2D eigenvalue weighted by atomic mass is 16.7. The summed E-state index contributed by atoms with van der Waals surface area (Å²) in [5.41, 5.74) is 3.52. The van der Waals surface area contributed by atoms with Gasteiger partial charge in [-0.05, 0) is 41.6 Å². The molecular weight excluding hydrogens is 466 g/mol. The number of aryl methyl sites for hydroxylation is 2. The molecule has 0 N–H and O–H groups in total. The first kappa shape index (κ1) is 25.4. The van der Waals surface area contributed by atoms with Crippen LogP contribution in [-0.4, -0.2) is 19.9 Å². The minimum atomic E-state index is -0.200. The predicted molar refractivity (Wildman–Crippen MR) is 143 cm³/mol. The number of nitrogens with zero attached hydrogens (tertiary/aromatic N) is 1. The Hall–Kier alpha value is -3.28. The molecule has 6 heteroatoms. The van der Waals surface area contributed by atoms with Crippen LogP contribution in [0, 0.1) is 0 Å². The van der Waals surface area contributed by atoms with E-state index in [4.69, 9.17) is 18.9 Å². The van der Waals surface area contributed by atoms with E-state index in [1.807, 2.05) is 12.1 Å². The average molecular weight is 505 g/mol. The number of unbranched alkanes of at least 4 members (excludes halogenated alkanes) is 8. The summed E-state index contributed by atoms with van der Waals surface area (Å²) < 4.78 is 24.9. The van der Waals surface area contributed by atoms with Gasteiger partial charge in [-0.2, -0.15) is 4.57 Å². The van der Waals surface area contributed by atoms with Crippen LogP contribution >= 0.6 is 0 Å². The largest absolute Gasteiger partial charge is 0.493 e. The van der Waals surface area contributed by atoms with Crippen molar-refractivity contribution in [1.29, 1.82) is 0 Å². The molecule has 196 valence electrons. The Morgan fingerprint density at radius 1 is 0.946 bits per heavy atom. The van der Waals surface area contributed by atoms with Gasteiger partial charge in [0.25, 0.3) is 0 Å². The van der Waals surface area contributed by atoms with Gasteiger partial charge in [0.05, 0.1) is 18.1 Å². The Morgan fingerprint density at radius 3 is 2.43 bits per heavy atom. The zero-order chi connectivity index (χ0) is 25.6. The molecule has 0 aliphatic carbocycles. The van der Waals surface area contributed by atoms with E-state index in [1.54, 1.807) is 7.11 Å². The van der Waals surface area contributed by atoms with Gasteiger partial charge in [-0.1, -0.05) is 58.3 Å². The smallest absolute Gasteiger partial charge is 0.311 e. The molecule has 0 radical (unpaired) electrons. The van der Waals surface area contributed by atoms with Crippen molar-refractivity contribution in [2.45, 2.75) is 84.1 Å². The monoisotopic (exact) mass is 504 g/mol. The topological polar surface area (TPSA) is 57.9 Å². The molecule has 0 saturated heterocycles. The number of benzene rings is 2. The van der Waals surface area contributed by atoms with Crippen LogP contribution in [0.15, 0.2) is 36.5 Å². The van der Waals surface area contributed by atoms with E-state index in [2.05, 4.69) is 35.9 Å². The number of carbonyl (C=O) groups is 1. The highest BCUT2D eigenvalue weighted by molar-refractivity contribution is 5.93. The quantitative estimate of drug-likeness (QED) is 0.116. The molecule has 2 aliphatic rings. The van der Waals surface area contributed by atoms with Crippen molar-refractivity contribution in [3.63, 3.8) is 0 Å². The summed E-state index contributed by atoms with van der Waals surface area (Å²) in [7, 11) is 1.61. The second-order valence-electron chi connectivity index (χ2n) is 10.1. The van der Waals surface area contributed by atoms with Crippen LogP contribution in [0.2, 0.25) is 0 Å². The highest BCUT2D eigenvalue weighted by Gasteiger charge is 2.29. The van der Waals surface area contributed by atoms with Crippen molar-refractivity contribution in [2.75, 3.05) is 13.9 Å². The summed E-state index contributed by atoms with van der Waals surface area (Å²) in [6, 6.07) is 10.2. The highest BCUT2D eigenvalue weighted by Crippen LogP contribution is 2.41. The third-order valence-corrected chi connectivity index (χ3v) is 7.50. The first-order valence-electron chi connectivity index (χ1n) is 13.9. The van der Waals surface area contributed by atoms with Crippen LogP contribution < -0.4 is 23.5 Å². The van der Waals surface area contributed by atoms with E-state index in [9.17, 15) is 4.79 Å². The number of ether oxygens (including phenoxy) is 4. The fourth-order valence-corrected chi connectivity index (χ4v) is 5.41. The van der Waals surface area contributed by atoms with Gasteiger partial charge in [-0.3, -0.25) is 4.79 Å². The van der Waals surface area contributed by atoms with Crippen molar-refractivity contribution < 1.29 is 28.3 Å². The fraction of sp³-hybridized carbons (Fsp3) is 0.484. The molecule has 2 aliphatic heterocycles. The second kappa shape index (κ2) is 11.8. The van der Waals surface area contributed by atoms with E-state index in [0.29, 0.717) is 17.9 Å². The van der Waals surface area contributed by atoms with Crippen LogP contribution in [0.25, 0.3) is 22.0 Å². The van der Waals surface area contributed by atoms with E-state index >= 15 is 0 Å². The van der Waals surface area contributed by atoms with Crippen molar-refractivity contribution in [3.05, 3.63) is 42.1 Å². The molecule has 5 rings (SSSR count). The molecule has 0 atom stereocenters. The predicted octanol–water partition coefficient (Wildman–Crippen LogP) is 6.91. The van der Waals surface area contributed by atoms with Crippen LogP contribution in [0.3, 0.4) is 0 Å². The van der Waals surface area contributed by atoms with Gasteiger partial charge in [0, 0.05) is 18.9 Å². The normalized spacial score (nSPS) is 13.4. The third-order valence-electron chi connectivity index (χ3n) is 7.50. The second-order valence-corrected chi connectivity index (χ2v) is 10.1. The molecule has 3 heterocycles. The Balaban J connectivity index is 1.28. The summed E-state index contributed by atoms with van der Waals surface area (Å²) in [5.74, 6) is 2.49. The Kier molecular flexibility index (Phi) is 8.12. The third kappa shape index (κ3) is 5.68. The maximum Gasteiger partial charge on any atom is 0.311 e. The lowest BCUT2D eigenvalue weighted by molar-refractivity contribution is -0.686. The van der Waals surface area contributed by atoms with E-state index < -0.39 is 0 Å². The molecule has 1 aromatic heterocycles. The van der Waals surface area contributed by atoms with Crippen molar-refractivity contribution in [3.8, 4) is 34.3 Å². The Labute approximate surface area is 219 Å². The maximum absolute atomic E-state index is 12.8. The molecule has 0 amide bonds. The van der Waals surface area contributed by atoms with Gasteiger partial charge in [-0.25, -0.2) is 0 Å². The zero-order valence-electron chi connectivity index (χ0n) is 22.1. The van der Waals surface area contributed by atoms with Gasteiger partial charge in [-0.15, -0.1) is 0 Å². The standard InChI is InChI=1S/C31H38NO5/c1-3-4-5-6-7-8-9-10-11-12-30(33)37-31-25-20-32-16-15-23-18-28-29(36-21-35-28)19-24(23)26(32)17-22(25)13-14-27(31)34-2/h13-14,17-20H,3-12,15-16,21H2,1-2H3/q+1. The number of fused-ring (bicyclic) bond motifs is 5. The maximum atomic E-state index is 12.8. The minimum Gasteiger partial charge on any atom is -0.493 e. The van der Waals surface area contributed by atoms with E-state index in [-0.39, 0.29) is 12.8 Å². The zero-order valence-corrected chi connectivity index (χ0v) is 22.1. The SMILES string of the molecule is CCCCCCCCCCCC(=O)Oc1c(OC)ccc2cc3[n+](cc12)CCc1cc2c(cc1-3)OCO2. The number of methoxy groups -OCH3 is 1. The van der Waals surface area contributed by atoms with Crippen molar-refractivity contribution >= 4 is 16.7 Å². The lowest BCUT2D eigenvalue weighted by Crippen LogP contribution is -2.40. The van der Waals surface area contributed by atoms with Gasteiger partial charge in [0.2, 0.25) is 12.5 Å². The van der Waals surface area contributed by atoms with Crippen LogP contribution in [0.5, 0.6) is 23.0 Å². The Morgan fingerprint density at radius 2 is 1.68 bits per heavy atom. The lowest BCUT2D eigenvalue weighted by atomic mass is 9.95. The molecule has 6 nitrogen and oxygen atoms in total. The number of carbonyl (C=O) groups excluding carboxylic acids is 1. The molecule has 2 aromatic carbocycles. The first-order valence-corrected chi connectivity index (χ1v) is 13.9.